The van der Waals surface area contributed by atoms with Crippen LogP contribution in [0.4, 0.5) is 5.69 Å². The number of aryl methyl sites for hydroxylation is 2. The van der Waals surface area contributed by atoms with Gasteiger partial charge in [0.05, 0.1) is 12.6 Å². The largest absolute Gasteiger partial charge is 0.389 e. The molecule has 0 amide bonds. The lowest BCUT2D eigenvalue weighted by Crippen LogP contribution is -2.26. The molecule has 2 aromatic carbocycles. The zero-order valence-electron chi connectivity index (χ0n) is 14.8. The second-order valence-corrected chi connectivity index (χ2v) is 7.16. The standard InChI is InChI=1S/C22H26N2O/c1-16-11-12-22-20(13-16)19-9-5-6-10-21(19)24(22)15-18(25)14-23-17-7-3-2-4-8-17/h2-4,7-8,11-13,18,23,25H,5-6,9-10,14-15H2,1H3/t18-/m0/s1. The number of aliphatic hydroxyl groups is 1. The Balaban J connectivity index is 1.58. The molecular weight excluding hydrogens is 308 g/mol. The van der Waals surface area contributed by atoms with Crippen LogP contribution in [0.25, 0.3) is 10.9 Å². The summed E-state index contributed by atoms with van der Waals surface area (Å²) in [5.74, 6) is 0. The van der Waals surface area contributed by atoms with Gasteiger partial charge >= 0.3 is 0 Å². The molecule has 3 nitrogen and oxygen atoms in total. The smallest absolute Gasteiger partial charge is 0.0891 e. The van der Waals surface area contributed by atoms with Crippen LogP contribution in [0.15, 0.2) is 48.5 Å². The fraction of sp³-hybridized carbons (Fsp3) is 0.364. The minimum Gasteiger partial charge on any atom is -0.389 e. The van der Waals surface area contributed by atoms with E-state index in [4.69, 9.17) is 0 Å². The summed E-state index contributed by atoms with van der Waals surface area (Å²) in [6, 6.07) is 16.8. The number of para-hydroxylation sites is 1. The van der Waals surface area contributed by atoms with E-state index < -0.39 is 6.10 Å². The van der Waals surface area contributed by atoms with Gasteiger partial charge in [-0.1, -0.05) is 29.8 Å². The van der Waals surface area contributed by atoms with Gasteiger partial charge in [-0.3, -0.25) is 0 Å². The van der Waals surface area contributed by atoms with E-state index in [-0.39, 0.29) is 0 Å². The van der Waals surface area contributed by atoms with Crippen molar-refractivity contribution in [2.24, 2.45) is 0 Å². The predicted molar refractivity (Wildman–Crippen MR) is 104 cm³/mol. The number of nitrogens with one attached hydrogen (secondary N) is 1. The Morgan fingerprint density at radius 1 is 1.08 bits per heavy atom. The van der Waals surface area contributed by atoms with Crippen molar-refractivity contribution in [3.63, 3.8) is 0 Å². The molecule has 2 N–H and O–H groups in total. The molecule has 3 aromatic rings. The molecule has 0 spiro atoms. The molecule has 1 aliphatic rings. The number of rotatable bonds is 5. The van der Waals surface area contributed by atoms with Gasteiger partial charge in [-0.25, -0.2) is 0 Å². The molecule has 25 heavy (non-hydrogen) atoms. The maximum Gasteiger partial charge on any atom is 0.0891 e. The van der Waals surface area contributed by atoms with Gasteiger partial charge in [0.1, 0.15) is 0 Å². The zero-order chi connectivity index (χ0) is 17.2. The fourth-order valence-corrected chi connectivity index (χ4v) is 4.03. The topological polar surface area (TPSA) is 37.2 Å². The van der Waals surface area contributed by atoms with Crippen LogP contribution in [-0.2, 0) is 19.4 Å². The van der Waals surface area contributed by atoms with E-state index in [0.29, 0.717) is 13.1 Å². The summed E-state index contributed by atoms with van der Waals surface area (Å²) in [5.41, 5.74) is 6.58. The summed E-state index contributed by atoms with van der Waals surface area (Å²) in [7, 11) is 0. The molecule has 1 atom stereocenters. The number of aliphatic hydroxyl groups excluding tert-OH is 1. The molecule has 3 heteroatoms. The Hall–Kier alpha value is -2.26. The van der Waals surface area contributed by atoms with E-state index in [0.717, 1.165) is 12.1 Å². The van der Waals surface area contributed by atoms with Crippen LogP contribution in [0.3, 0.4) is 0 Å². The third kappa shape index (κ3) is 3.29. The number of fused-ring (bicyclic) bond motifs is 3. The highest BCUT2D eigenvalue weighted by molar-refractivity contribution is 5.86. The summed E-state index contributed by atoms with van der Waals surface area (Å²) in [6.45, 7) is 3.36. The lowest BCUT2D eigenvalue weighted by atomic mass is 9.95. The van der Waals surface area contributed by atoms with Crippen molar-refractivity contribution < 1.29 is 5.11 Å². The highest BCUT2D eigenvalue weighted by Crippen LogP contribution is 2.33. The van der Waals surface area contributed by atoms with Crippen LogP contribution >= 0.6 is 0 Å². The van der Waals surface area contributed by atoms with Gasteiger partial charge in [0.15, 0.2) is 0 Å². The van der Waals surface area contributed by atoms with E-state index in [1.807, 2.05) is 30.3 Å². The van der Waals surface area contributed by atoms with Gasteiger partial charge in [-0.2, -0.15) is 0 Å². The number of anilines is 1. The first-order valence-electron chi connectivity index (χ1n) is 9.30. The van der Waals surface area contributed by atoms with Crippen molar-refractivity contribution in [2.45, 2.75) is 45.3 Å². The third-order valence-electron chi connectivity index (χ3n) is 5.24. The third-order valence-corrected chi connectivity index (χ3v) is 5.24. The summed E-state index contributed by atoms with van der Waals surface area (Å²) in [4.78, 5) is 0. The van der Waals surface area contributed by atoms with Gasteiger partial charge in [0, 0.05) is 28.8 Å². The first-order chi connectivity index (χ1) is 12.2. The molecule has 0 saturated carbocycles. The van der Waals surface area contributed by atoms with Crippen molar-refractivity contribution >= 4 is 16.6 Å². The molecule has 0 fully saturated rings. The van der Waals surface area contributed by atoms with E-state index in [9.17, 15) is 5.11 Å². The van der Waals surface area contributed by atoms with E-state index >= 15 is 0 Å². The summed E-state index contributed by atoms with van der Waals surface area (Å²) in [5, 5.41) is 15.3. The summed E-state index contributed by atoms with van der Waals surface area (Å²) >= 11 is 0. The van der Waals surface area contributed by atoms with Crippen molar-refractivity contribution in [3.05, 3.63) is 65.4 Å². The highest BCUT2D eigenvalue weighted by atomic mass is 16.3. The summed E-state index contributed by atoms with van der Waals surface area (Å²) < 4.78 is 2.36. The zero-order valence-corrected chi connectivity index (χ0v) is 14.8. The lowest BCUT2D eigenvalue weighted by Gasteiger charge is -2.19. The van der Waals surface area contributed by atoms with Gasteiger partial charge in [-0.05, 0) is 62.4 Å². The minimum atomic E-state index is -0.414. The molecule has 0 unspecified atom stereocenters. The van der Waals surface area contributed by atoms with Crippen molar-refractivity contribution in [1.29, 1.82) is 0 Å². The van der Waals surface area contributed by atoms with Crippen LogP contribution in [0.1, 0.15) is 29.7 Å². The molecule has 130 valence electrons. The lowest BCUT2D eigenvalue weighted by molar-refractivity contribution is 0.167. The van der Waals surface area contributed by atoms with E-state index in [1.165, 1.54) is 47.0 Å². The number of aromatic nitrogens is 1. The van der Waals surface area contributed by atoms with Gasteiger partial charge in [0.25, 0.3) is 0 Å². The van der Waals surface area contributed by atoms with Crippen LogP contribution < -0.4 is 5.32 Å². The quantitative estimate of drug-likeness (QED) is 0.730. The Labute approximate surface area is 149 Å². The van der Waals surface area contributed by atoms with Gasteiger partial charge < -0.3 is 15.0 Å². The number of nitrogens with zero attached hydrogens (tertiary/aromatic N) is 1. The van der Waals surface area contributed by atoms with Crippen molar-refractivity contribution in [3.8, 4) is 0 Å². The first-order valence-corrected chi connectivity index (χ1v) is 9.30. The van der Waals surface area contributed by atoms with Crippen LogP contribution in [0, 0.1) is 6.92 Å². The molecule has 0 aliphatic heterocycles. The maximum absolute atomic E-state index is 10.6. The van der Waals surface area contributed by atoms with Crippen LogP contribution in [0.2, 0.25) is 0 Å². The Morgan fingerprint density at radius 2 is 1.88 bits per heavy atom. The molecule has 0 radical (unpaired) electrons. The van der Waals surface area contributed by atoms with Gasteiger partial charge in [-0.15, -0.1) is 0 Å². The first kappa shape index (κ1) is 16.2. The predicted octanol–water partition coefficient (Wildman–Crippen LogP) is 4.30. The molecule has 0 bridgehead atoms. The SMILES string of the molecule is Cc1ccc2c(c1)c1c(n2C[C@@H](O)CNc2ccccc2)CCCC1. The Morgan fingerprint density at radius 3 is 2.72 bits per heavy atom. The van der Waals surface area contributed by atoms with Crippen LogP contribution in [0.5, 0.6) is 0 Å². The average Bonchev–Trinajstić information content (AvgIpc) is 2.94. The van der Waals surface area contributed by atoms with Gasteiger partial charge in [0.2, 0.25) is 0 Å². The minimum absolute atomic E-state index is 0.414. The second-order valence-electron chi connectivity index (χ2n) is 7.16. The maximum atomic E-state index is 10.6. The molecule has 4 rings (SSSR count). The Kier molecular flexibility index (Phi) is 4.50. The fourth-order valence-electron chi connectivity index (χ4n) is 4.03. The number of hydrogen-bond donors (Lipinski definition) is 2. The van der Waals surface area contributed by atoms with Crippen molar-refractivity contribution in [1.82, 2.24) is 4.57 Å². The molecule has 1 aliphatic carbocycles. The summed E-state index contributed by atoms with van der Waals surface area (Å²) in [6.07, 6.45) is 4.41. The molecular formula is C22H26N2O. The average molecular weight is 334 g/mol. The van der Waals surface area contributed by atoms with Crippen LogP contribution in [-0.4, -0.2) is 22.3 Å². The second kappa shape index (κ2) is 6.93. The monoisotopic (exact) mass is 334 g/mol. The van der Waals surface area contributed by atoms with E-state index in [1.54, 1.807) is 0 Å². The Bertz CT molecular complexity index is 867. The van der Waals surface area contributed by atoms with E-state index in [2.05, 4.69) is 35.0 Å². The van der Waals surface area contributed by atoms with Crippen molar-refractivity contribution in [2.75, 3.05) is 11.9 Å². The normalized spacial score (nSPS) is 15.1. The highest BCUT2D eigenvalue weighted by Gasteiger charge is 2.21. The number of hydrogen-bond acceptors (Lipinski definition) is 2. The molecule has 0 saturated heterocycles. The number of benzene rings is 2. The molecule has 1 heterocycles. The molecule has 1 aromatic heterocycles.